The summed E-state index contributed by atoms with van der Waals surface area (Å²) in [5.74, 6) is -0.0363. The number of likely N-dealkylation sites (N-methyl/N-ethyl adjacent to an activating group) is 1. The molecule has 0 aliphatic heterocycles. The lowest BCUT2D eigenvalue weighted by Crippen LogP contribution is -2.36. The molecule has 0 bridgehead atoms. The minimum Gasteiger partial charge on any atom is -0.308 e. The summed E-state index contributed by atoms with van der Waals surface area (Å²) in [5.41, 5.74) is 0.685. The van der Waals surface area contributed by atoms with Crippen LogP contribution in [0, 0.1) is 11.6 Å². The monoisotopic (exact) mass is 421 g/mol. The van der Waals surface area contributed by atoms with Crippen LogP contribution in [-0.4, -0.2) is 48.7 Å². The van der Waals surface area contributed by atoms with E-state index in [9.17, 15) is 13.6 Å². The first-order chi connectivity index (χ1) is 13.4. The fraction of sp³-hybridized carbons (Fsp3) is 0.300. The summed E-state index contributed by atoms with van der Waals surface area (Å²) in [5, 5.41) is 0.583. The van der Waals surface area contributed by atoms with Crippen LogP contribution in [0.4, 0.5) is 13.9 Å². The zero-order chi connectivity index (χ0) is 20.1. The molecule has 148 valence electrons. The van der Waals surface area contributed by atoms with Crippen LogP contribution in [0.15, 0.2) is 47.4 Å². The van der Waals surface area contributed by atoms with Gasteiger partial charge in [0, 0.05) is 30.2 Å². The number of aromatic nitrogens is 1. The maximum Gasteiger partial charge on any atom is 0.229 e. The Labute approximate surface area is 171 Å². The van der Waals surface area contributed by atoms with Gasteiger partial charge in [-0.25, -0.2) is 13.8 Å². The zero-order valence-electron chi connectivity index (χ0n) is 15.7. The summed E-state index contributed by atoms with van der Waals surface area (Å²) in [6.45, 7) is 1.20. The third kappa shape index (κ3) is 5.50. The highest BCUT2D eigenvalue weighted by molar-refractivity contribution is 7.99. The number of thioether (sulfide) groups is 1. The van der Waals surface area contributed by atoms with Crippen LogP contribution in [0.1, 0.15) is 6.42 Å². The molecule has 1 heterocycles. The van der Waals surface area contributed by atoms with Crippen LogP contribution in [0.5, 0.6) is 0 Å². The van der Waals surface area contributed by atoms with Gasteiger partial charge in [0.1, 0.15) is 11.6 Å². The number of hydrogen-bond acceptors (Lipinski definition) is 5. The van der Waals surface area contributed by atoms with Crippen molar-refractivity contribution in [3.63, 3.8) is 0 Å². The Morgan fingerprint density at radius 3 is 2.50 bits per heavy atom. The molecule has 0 saturated carbocycles. The lowest BCUT2D eigenvalue weighted by Gasteiger charge is -2.22. The first-order valence-corrected chi connectivity index (χ1v) is 10.6. The Kier molecular flexibility index (Phi) is 6.98. The summed E-state index contributed by atoms with van der Waals surface area (Å²) >= 11 is 2.83. The number of fused-ring (bicyclic) bond motifs is 1. The van der Waals surface area contributed by atoms with Gasteiger partial charge in [0.25, 0.3) is 0 Å². The van der Waals surface area contributed by atoms with Gasteiger partial charge in [-0.15, -0.1) is 11.8 Å². The van der Waals surface area contributed by atoms with E-state index in [1.165, 1.54) is 47.4 Å². The van der Waals surface area contributed by atoms with E-state index in [1.807, 2.05) is 19.0 Å². The molecule has 3 rings (SSSR count). The highest BCUT2D eigenvalue weighted by Crippen LogP contribution is 2.30. The Morgan fingerprint density at radius 2 is 1.79 bits per heavy atom. The molecule has 28 heavy (non-hydrogen) atoms. The zero-order valence-corrected chi connectivity index (χ0v) is 17.3. The van der Waals surface area contributed by atoms with Gasteiger partial charge in [-0.05, 0) is 56.6 Å². The molecule has 0 spiro atoms. The molecule has 1 amide bonds. The lowest BCUT2D eigenvalue weighted by atomic mass is 10.3. The Bertz CT molecular complexity index is 944. The second kappa shape index (κ2) is 9.45. The molecule has 0 aliphatic rings. The predicted molar refractivity (Wildman–Crippen MR) is 112 cm³/mol. The molecule has 0 aliphatic carbocycles. The van der Waals surface area contributed by atoms with Gasteiger partial charge in [0.2, 0.25) is 5.91 Å². The Morgan fingerprint density at radius 1 is 1.07 bits per heavy atom. The number of halogens is 2. The van der Waals surface area contributed by atoms with Crippen LogP contribution in [0.3, 0.4) is 0 Å². The van der Waals surface area contributed by atoms with Crippen LogP contribution in [-0.2, 0) is 4.79 Å². The minimum absolute atomic E-state index is 0.0315. The standard InChI is InChI=1S/C20H21F2N3OS2/c1-24(2)10-11-25(20-23-17-8-5-15(22)13-18(17)28-20)19(26)9-12-27-16-6-3-14(21)4-7-16/h3-8,13H,9-12H2,1-2H3. The van der Waals surface area contributed by atoms with E-state index in [0.29, 0.717) is 35.9 Å². The lowest BCUT2D eigenvalue weighted by molar-refractivity contribution is -0.118. The number of hydrogen-bond donors (Lipinski definition) is 0. The van der Waals surface area contributed by atoms with Gasteiger partial charge in [-0.1, -0.05) is 11.3 Å². The van der Waals surface area contributed by atoms with Crippen LogP contribution >= 0.6 is 23.1 Å². The molecule has 0 N–H and O–H groups in total. The molecule has 0 atom stereocenters. The maximum atomic E-state index is 13.5. The molecule has 8 heteroatoms. The highest BCUT2D eigenvalue weighted by atomic mass is 32.2. The number of rotatable bonds is 8. The summed E-state index contributed by atoms with van der Waals surface area (Å²) in [4.78, 5) is 22.0. The molecule has 0 unspecified atom stereocenters. The van der Waals surface area contributed by atoms with Crippen molar-refractivity contribution in [2.24, 2.45) is 0 Å². The van der Waals surface area contributed by atoms with Crippen molar-refractivity contribution in [1.82, 2.24) is 9.88 Å². The van der Waals surface area contributed by atoms with Crippen molar-refractivity contribution in [3.05, 3.63) is 54.1 Å². The molecular weight excluding hydrogens is 400 g/mol. The van der Waals surface area contributed by atoms with Gasteiger partial charge in [-0.2, -0.15) is 0 Å². The van der Waals surface area contributed by atoms with Crippen LogP contribution < -0.4 is 4.90 Å². The van der Waals surface area contributed by atoms with Gasteiger partial charge in [-0.3, -0.25) is 9.69 Å². The number of carbonyl (C=O) groups is 1. The fourth-order valence-electron chi connectivity index (χ4n) is 2.55. The van der Waals surface area contributed by atoms with Crippen LogP contribution in [0.25, 0.3) is 10.2 Å². The molecule has 3 aromatic rings. The second-order valence-electron chi connectivity index (χ2n) is 6.51. The highest BCUT2D eigenvalue weighted by Gasteiger charge is 2.20. The molecular formula is C20H21F2N3OS2. The molecule has 2 aromatic carbocycles. The number of carbonyl (C=O) groups excluding carboxylic acids is 1. The van der Waals surface area contributed by atoms with Gasteiger partial charge in [0.05, 0.1) is 10.2 Å². The van der Waals surface area contributed by atoms with Crippen molar-refractivity contribution < 1.29 is 13.6 Å². The first kappa shape index (κ1) is 20.7. The fourth-order valence-corrected chi connectivity index (χ4v) is 4.43. The van der Waals surface area contributed by atoms with E-state index in [0.717, 1.165) is 9.60 Å². The van der Waals surface area contributed by atoms with Gasteiger partial charge < -0.3 is 4.90 Å². The quantitative estimate of drug-likeness (QED) is 0.496. The average Bonchev–Trinajstić information content (AvgIpc) is 3.06. The van der Waals surface area contributed by atoms with Crippen molar-refractivity contribution in [1.29, 1.82) is 0 Å². The van der Waals surface area contributed by atoms with Crippen LogP contribution in [0.2, 0.25) is 0 Å². The maximum absolute atomic E-state index is 13.5. The number of amides is 1. The smallest absolute Gasteiger partial charge is 0.229 e. The van der Waals surface area contributed by atoms with Crippen molar-refractivity contribution in [3.8, 4) is 0 Å². The van der Waals surface area contributed by atoms with E-state index < -0.39 is 0 Å². The van der Waals surface area contributed by atoms with Crippen molar-refractivity contribution in [2.75, 3.05) is 37.8 Å². The Balaban J connectivity index is 1.70. The average molecular weight is 422 g/mol. The number of thiazole rings is 1. The summed E-state index contributed by atoms with van der Waals surface area (Å²) < 4.78 is 27.2. The summed E-state index contributed by atoms with van der Waals surface area (Å²) in [6, 6.07) is 10.7. The summed E-state index contributed by atoms with van der Waals surface area (Å²) in [7, 11) is 3.89. The topological polar surface area (TPSA) is 36.4 Å². The van der Waals surface area contributed by atoms with Gasteiger partial charge in [0.15, 0.2) is 5.13 Å². The van der Waals surface area contributed by atoms with E-state index in [-0.39, 0.29) is 17.5 Å². The second-order valence-corrected chi connectivity index (χ2v) is 8.69. The largest absolute Gasteiger partial charge is 0.308 e. The number of nitrogens with zero attached hydrogens (tertiary/aromatic N) is 3. The predicted octanol–water partition coefficient (Wildman–Crippen LogP) is 4.65. The van der Waals surface area contributed by atoms with E-state index >= 15 is 0 Å². The van der Waals surface area contributed by atoms with E-state index in [4.69, 9.17) is 0 Å². The third-order valence-corrected chi connectivity index (χ3v) is 6.10. The number of benzene rings is 2. The summed E-state index contributed by atoms with van der Waals surface area (Å²) in [6.07, 6.45) is 0.333. The van der Waals surface area contributed by atoms with Gasteiger partial charge >= 0.3 is 0 Å². The van der Waals surface area contributed by atoms with Crippen molar-refractivity contribution >= 4 is 44.4 Å². The molecule has 0 fully saturated rings. The van der Waals surface area contributed by atoms with Crippen molar-refractivity contribution in [2.45, 2.75) is 11.3 Å². The third-order valence-electron chi connectivity index (χ3n) is 4.04. The molecule has 4 nitrogen and oxygen atoms in total. The molecule has 1 aromatic heterocycles. The SMILES string of the molecule is CN(C)CCN(C(=O)CCSc1ccc(F)cc1)c1nc2ccc(F)cc2s1. The number of anilines is 1. The first-order valence-electron chi connectivity index (χ1n) is 8.82. The molecule has 0 radical (unpaired) electrons. The normalized spacial score (nSPS) is 11.3. The minimum atomic E-state index is -0.315. The van der Waals surface area contributed by atoms with E-state index in [2.05, 4.69) is 4.98 Å². The Hall–Kier alpha value is -2.03. The van der Waals surface area contributed by atoms with E-state index in [1.54, 1.807) is 23.1 Å². The molecule has 0 saturated heterocycles.